The first-order valence-electron chi connectivity index (χ1n) is 4.91. The Morgan fingerprint density at radius 2 is 1.64 bits per heavy atom. The SMILES string of the molecule is CC/C=C/C=C/P(=O)(OCC)OCC. The zero-order valence-corrected chi connectivity index (χ0v) is 10.00. The fourth-order valence-corrected chi connectivity index (χ4v) is 2.13. The molecule has 0 fully saturated rings. The molecule has 0 spiro atoms. The van der Waals surface area contributed by atoms with Crippen LogP contribution in [0.5, 0.6) is 0 Å². The third kappa shape index (κ3) is 6.14. The summed E-state index contributed by atoms with van der Waals surface area (Å²) in [4.78, 5) is 0. The van der Waals surface area contributed by atoms with Crippen molar-refractivity contribution in [3.8, 4) is 0 Å². The summed E-state index contributed by atoms with van der Waals surface area (Å²) in [6, 6.07) is 0. The number of allylic oxidation sites excluding steroid dienone is 3. The summed E-state index contributed by atoms with van der Waals surface area (Å²) in [7, 11) is -2.99. The molecule has 0 aliphatic carbocycles. The van der Waals surface area contributed by atoms with Gasteiger partial charge in [-0.05, 0) is 20.3 Å². The van der Waals surface area contributed by atoms with Crippen molar-refractivity contribution in [2.75, 3.05) is 13.2 Å². The van der Waals surface area contributed by atoms with Crippen molar-refractivity contribution in [2.45, 2.75) is 27.2 Å². The van der Waals surface area contributed by atoms with Gasteiger partial charge >= 0.3 is 7.60 Å². The third-order valence-corrected chi connectivity index (χ3v) is 3.14. The number of hydrogen-bond donors (Lipinski definition) is 0. The molecule has 3 nitrogen and oxygen atoms in total. The fourth-order valence-electron chi connectivity index (χ4n) is 0.853. The number of hydrogen-bond acceptors (Lipinski definition) is 3. The van der Waals surface area contributed by atoms with Crippen LogP contribution in [0, 0.1) is 0 Å². The van der Waals surface area contributed by atoms with Crippen LogP contribution >= 0.6 is 7.60 Å². The van der Waals surface area contributed by atoms with Crippen molar-refractivity contribution in [3.63, 3.8) is 0 Å². The molecular weight excluding hydrogens is 199 g/mol. The Kier molecular flexibility index (Phi) is 7.77. The largest absolute Gasteiger partial charge is 0.354 e. The second kappa shape index (κ2) is 7.98. The van der Waals surface area contributed by atoms with Gasteiger partial charge in [0.05, 0.1) is 13.2 Å². The van der Waals surface area contributed by atoms with Gasteiger partial charge in [0.1, 0.15) is 0 Å². The minimum absolute atomic E-state index is 0.388. The van der Waals surface area contributed by atoms with Crippen LogP contribution < -0.4 is 0 Å². The lowest BCUT2D eigenvalue weighted by atomic mass is 10.4. The van der Waals surface area contributed by atoms with Gasteiger partial charge in [-0.2, -0.15) is 0 Å². The Hall–Kier alpha value is -0.370. The van der Waals surface area contributed by atoms with E-state index in [1.807, 2.05) is 19.1 Å². The zero-order valence-electron chi connectivity index (χ0n) is 9.10. The first-order chi connectivity index (χ1) is 6.68. The molecule has 0 aromatic rings. The van der Waals surface area contributed by atoms with E-state index in [9.17, 15) is 4.57 Å². The van der Waals surface area contributed by atoms with Gasteiger partial charge < -0.3 is 9.05 Å². The van der Waals surface area contributed by atoms with Gasteiger partial charge in [-0.1, -0.05) is 25.2 Å². The Morgan fingerprint density at radius 1 is 1.07 bits per heavy atom. The second-order valence-corrected chi connectivity index (χ2v) is 4.45. The molecule has 4 heteroatoms. The van der Waals surface area contributed by atoms with Gasteiger partial charge in [0.2, 0.25) is 0 Å². The summed E-state index contributed by atoms with van der Waals surface area (Å²) >= 11 is 0. The highest BCUT2D eigenvalue weighted by atomic mass is 31.2. The molecule has 0 rings (SSSR count). The molecule has 0 bridgehead atoms. The maximum absolute atomic E-state index is 11.8. The van der Waals surface area contributed by atoms with E-state index in [-0.39, 0.29) is 0 Å². The predicted molar refractivity (Wildman–Crippen MR) is 59.4 cm³/mol. The molecule has 82 valence electrons. The van der Waals surface area contributed by atoms with Crippen molar-refractivity contribution in [3.05, 3.63) is 24.0 Å². The summed E-state index contributed by atoms with van der Waals surface area (Å²) in [5, 5.41) is 0. The highest BCUT2D eigenvalue weighted by molar-refractivity contribution is 7.57. The highest BCUT2D eigenvalue weighted by Gasteiger charge is 2.17. The Morgan fingerprint density at radius 3 is 2.07 bits per heavy atom. The minimum Gasteiger partial charge on any atom is -0.306 e. The average molecular weight is 218 g/mol. The third-order valence-electron chi connectivity index (χ3n) is 1.37. The average Bonchev–Trinajstić information content (AvgIpc) is 2.13. The maximum atomic E-state index is 11.8. The molecule has 0 saturated heterocycles. The highest BCUT2D eigenvalue weighted by Crippen LogP contribution is 2.49. The van der Waals surface area contributed by atoms with E-state index in [0.717, 1.165) is 6.42 Å². The van der Waals surface area contributed by atoms with E-state index in [4.69, 9.17) is 9.05 Å². The van der Waals surface area contributed by atoms with E-state index < -0.39 is 7.60 Å². The molecule has 0 atom stereocenters. The molecule has 0 amide bonds. The fraction of sp³-hybridized carbons (Fsp3) is 0.600. The van der Waals surface area contributed by atoms with Crippen LogP contribution in [0.1, 0.15) is 27.2 Å². The van der Waals surface area contributed by atoms with Crippen molar-refractivity contribution in [2.24, 2.45) is 0 Å². The summed E-state index contributed by atoms with van der Waals surface area (Å²) in [6.45, 7) is 6.40. The van der Waals surface area contributed by atoms with Crippen molar-refractivity contribution in [1.82, 2.24) is 0 Å². The lowest BCUT2D eigenvalue weighted by Crippen LogP contribution is -1.92. The molecule has 0 saturated carbocycles. The maximum Gasteiger partial charge on any atom is 0.354 e. The second-order valence-electron chi connectivity index (χ2n) is 2.55. The van der Waals surface area contributed by atoms with Gasteiger partial charge in [-0.3, -0.25) is 4.57 Å². The van der Waals surface area contributed by atoms with Crippen LogP contribution in [-0.4, -0.2) is 13.2 Å². The van der Waals surface area contributed by atoms with E-state index in [1.165, 1.54) is 5.82 Å². The molecule has 0 radical (unpaired) electrons. The van der Waals surface area contributed by atoms with Gasteiger partial charge in [-0.15, -0.1) is 0 Å². The minimum atomic E-state index is -2.99. The molecule has 0 aliphatic heterocycles. The van der Waals surface area contributed by atoms with Crippen LogP contribution in [0.3, 0.4) is 0 Å². The van der Waals surface area contributed by atoms with E-state index >= 15 is 0 Å². The van der Waals surface area contributed by atoms with Crippen molar-refractivity contribution in [1.29, 1.82) is 0 Å². The molecule has 0 aromatic carbocycles. The van der Waals surface area contributed by atoms with Gasteiger partial charge in [0.15, 0.2) is 0 Å². The van der Waals surface area contributed by atoms with Crippen LogP contribution in [0.2, 0.25) is 0 Å². The van der Waals surface area contributed by atoms with Crippen LogP contribution in [-0.2, 0) is 13.6 Å². The Balaban J connectivity index is 4.28. The molecule has 14 heavy (non-hydrogen) atoms. The Labute approximate surface area is 86.3 Å². The summed E-state index contributed by atoms with van der Waals surface area (Å²) in [5.41, 5.74) is 0. The summed E-state index contributed by atoms with van der Waals surface area (Å²) < 4.78 is 21.9. The smallest absolute Gasteiger partial charge is 0.306 e. The predicted octanol–water partition coefficient (Wildman–Crippen LogP) is 3.73. The van der Waals surface area contributed by atoms with E-state index in [0.29, 0.717) is 13.2 Å². The summed E-state index contributed by atoms with van der Waals surface area (Å²) in [5.74, 6) is 1.49. The molecule has 0 unspecified atom stereocenters. The molecule has 0 N–H and O–H groups in total. The standard InChI is InChI=1S/C10H19O3P/c1-4-7-8-9-10-14(11,12-5-2)13-6-3/h7-10H,4-6H2,1-3H3/b8-7+,10-9+. The summed E-state index contributed by atoms with van der Waals surface area (Å²) in [6.07, 6.45) is 6.47. The van der Waals surface area contributed by atoms with E-state index in [2.05, 4.69) is 0 Å². The first kappa shape index (κ1) is 13.6. The van der Waals surface area contributed by atoms with Crippen LogP contribution in [0.25, 0.3) is 0 Å². The van der Waals surface area contributed by atoms with Gasteiger partial charge in [0, 0.05) is 5.82 Å². The first-order valence-corrected chi connectivity index (χ1v) is 6.52. The molecular formula is C10H19O3P. The monoisotopic (exact) mass is 218 g/mol. The quantitative estimate of drug-likeness (QED) is 0.482. The van der Waals surface area contributed by atoms with Crippen LogP contribution in [0.4, 0.5) is 0 Å². The Bertz CT molecular complexity index is 224. The zero-order chi connectivity index (χ0) is 10.9. The van der Waals surface area contributed by atoms with E-state index in [1.54, 1.807) is 19.9 Å². The molecule has 0 aliphatic rings. The van der Waals surface area contributed by atoms with Crippen LogP contribution in [0.15, 0.2) is 24.0 Å². The molecule has 0 heterocycles. The van der Waals surface area contributed by atoms with Crippen molar-refractivity contribution >= 4 is 7.60 Å². The molecule has 0 aromatic heterocycles. The van der Waals surface area contributed by atoms with Gasteiger partial charge in [-0.25, -0.2) is 0 Å². The lowest BCUT2D eigenvalue weighted by Gasteiger charge is -2.11. The topological polar surface area (TPSA) is 35.5 Å². The van der Waals surface area contributed by atoms with Gasteiger partial charge in [0.25, 0.3) is 0 Å². The normalized spacial score (nSPS) is 13.1. The lowest BCUT2D eigenvalue weighted by molar-refractivity contribution is 0.229. The van der Waals surface area contributed by atoms with Crippen molar-refractivity contribution < 1.29 is 13.6 Å². The number of rotatable bonds is 7.